The summed E-state index contributed by atoms with van der Waals surface area (Å²) >= 11 is 0. The number of carbonyl (C=O) groups is 3. The number of hydrogen-bond donors (Lipinski definition) is 6. The van der Waals surface area contributed by atoms with Gasteiger partial charge in [-0.25, -0.2) is 0 Å². The second-order valence-corrected chi connectivity index (χ2v) is 10.8. The molecule has 1 aliphatic rings. The fraction of sp³-hybridized carbons (Fsp3) is 0.552. The highest BCUT2D eigenvalue weighted by atomic mass is 16.3. The summed E-state index contributed by atoms with van der Waals surface area (Å²) in [6.45, 7) is 5.19. The van der Waals surface area contributed by atoms with Crippen LogP contribution < -0.4 is 16.0 Å². The number of benzene rings is 1. The monoisotopic (exact) mass is 560 g/mol. The first-order valence-corrected chi connectivity index (χ1v) is 13.5. The largest absolute Gasteiger partial charge is 0.510 e. The zero-order chi connectivity index (χ0) is 30.3. The number of Topliss-reactive ketones (excluding diaryl/α,β-unsaturated/α-hetero) is 1. The highest BCUT2D eigenvalue weighted by molar-refractivity contribution is 6.21. The Kier molecular flexibility index (Phi) is 11.7. The zero-order valence-electron chi connectivity index (χ0n) is 24.3. The number of aliphatic hydroxyl groups excluding tert-OH is 3. The van der Waals surface area contributed by atoms with E-state index in [9.17, 15) is 34.8 Å². The van der Waals surface area contributed by atoms with E-state index in [2.05, 4.69) is 19.2 Å². The Hall–Kier alpha value is -3.41. The van der Waals surface area contributed by atoms with Gasteiger partial charge in [-0.1, -0.05) is 26.7 Å². The molecule has 3 atom stereocenters. The number of phenolic OH excluding ortho intramolecular Hbond substituents is 1. The first-order chi connectivity index (χ1) is 18.7. The van der Waals surface area contributed by atoms with Crippen molar-refractivity contribution >= 4 is 23.2 Å². The summed E-state index contributed by atoms with van der Waals surface area (Å²) in [6, 6.07) is 1.06. The number of carbonyl (C=O) groups excluding carboxylic acids is 3. The number of anilines is 1. The van der Waals surface area contributed by atoms with Gasteiger partial charge in [-0.05, 0) is 57.5 Å². The predicted octanol–water partition coefficient (Wildman–Crippen LogP) is 2.10. The Balaban J connectivity index is 2.72. The van der Waals surface area contributed by atoms with E-state index in [0.717, 1.165) is 6.42 Å². The van der Waals surface area contributed by atoms with Gasteiger partial charge in [0, 0.05) is 38.0 Å². The third kappa shape index (κ3) is 7.61. The molecule has 1 aromatic carbocycles. The molecule has 0 aromatic heterocycles. The van der Waals surface area contributed by atoms with Gasteiger partial charge >= 0.3 is 0 Å². The number of aromatic hydroxyl groups is 1. The molecule has 0 spiro atoms. The minimum atomic E-state index is -2.33. The fourth-order valence-corrected chi connectivity index (χ4v) is 4.78. The molecule has 0 heterocycles. The lowest BCUT2D eigenvalue weighted by atomic mass is 9.90. The summed E-state index contributed by atoms with van der Waals surface area (Å²) in [6.07, 6.45) is 1.07. The number of primary amides is 1. The summed E-state index contributed by atoms with van der Waals surface area (Å²) in [5.74, 6) is -4.92. The maximum Gasteiger partial charge on any atom is 0.255 e. The highest BCUT2D eigenvalue weighted by Gasteiger charge is 2.34. The molecule has 2 rings (SSSR count). The minimum Gasteiger partial charge on any atom is -0.510 e. The maximum atomic E-state index is 13.5. The molecule has 0 saturated heterocycles. The van der Waals surface area contributed by atoms with Gasteiger partial charge in [-0.2, -0.15) is 0 Å². The molecule has 11 nitrogen and oxygen atoms in total. The van der Waals surface area contributed by atoms with E-state index in [1.165, 1.54) is 0 Å². The number of amides is 1. The number of likely N-dealkylation sites (N-methyl/N-ethyl adjacent to an activating group) is 1. The molecule has 7 N–H and O–H groups in total. The van der Waals surface area contributed by atoms with Gasteiger partial charge in [0.05, 0.1) is 11.6 Å². The predicted molar refractivity (Wildman–Crippen MR) is 154 cm³/mol. The number of rotatable bonds is 8. The zero-order valence-corrected chi connectivity index (χ0v) is 24.3. The number of phenols is 1. The quantitative estimate of drug-likeness (QED) is 0.258. The van der Waals surface area contributed by atoms with Crippen LogP contribution in [0.15, 0.2) is 29.2 Å². The van der Waals surface area contributed by atoms with Crippen LogP contribution in [0, 0.1) is 5.92 Å². The molecule has 1 aromatic rings. The van der Waals surface area contributed by atoms with Crippen LogP contribution in [0.5, 0.6) is 5.75 Å². The van der Waals surface area contributed by atoms with Crippen LogP contribution in [-0.4, -0.2) is 89.7 Å². The molecule has 0 radical (unpaired) electrons. The van der Waals surface area contributed by atoms with E-state index >= 15 is 0 Å². The van der Waals surface area contributed by atoms with Crippen molar-refractivity contribution in [3.05, 3.63) is 45.9 Å². The molecular weight excluding hydrogens is 516 g/mol. The molecule has 0 fully saturated rings. The van der Waals surface area contributed by atoms with Crippen LogP contribution >= 0.6 is 0 Å². The third-order valence-electron chi connectivity index (χ3n) is 7.35. The third-order valence-corrected chi connectivity index (χ3v) is 7.35. The summed E-state index contributed by atoms with van der Waals surface area (Å²) in [7, 11) is 6.97. The second-order valence-electron chi connectivity index (χ2n) is 10.8. The molecule has 0 saturated carbocycles. The average molecular weight is 561 g/mol. The van der Waals surface area contributed by atoms with Crippen molar-refractivity contribution in [2.45, 2.75) is 64.6 Å². The van der Waals surface area contributed by atoms with Crippen molar-refractivity contribution in [3.63, 3.8) is 0 Å². The van der Waals surface area contributed by atoms with Crippen molar-refractivity contribution in [1.82, 2.24) is 10.2 Å². The van der Waals surface area contributed by atoms with Gasteiger partial charge < -0.3 is 36.4 Å². The van der Waals surface area contributed by atoms with Gasteiger partial charge in [0.1, 0.15) is 22.8 Å². The maximum absolute atomic E-state index is 13.5. The Morgan fingerprint density at radius 2 is 1.80 bits per heavy atom. The van der Waals surface area contributed by atoms with Crippen molar-refractivity contribution in [3.8, 4) is 5.75 Å². The van der Waals surface area contributed by atoms with Crippen LogP contribution in [-0.2, 0) is 22.6 Å². The van der Waals surface area contributed by atoms with Crippen LogP contribution in [0.1, 0.15) is 61.0 Å². The Morgan fingerprint density at radius 3 is 2.35 bits per heavy atom. The van der Waals surface area contributed by atoms with Crippen LogP contribution in [0.25, 0.3) is 0 Å². The number of aliphatic hydroxyl groups is 3. The summed E-state index contributed by atoms with van der Waals surface area (Å²) in [5.41, 5.74) is 6.25. The SMILES string of the molecule is CCC(C)CNCc1cc(N(C)C)c2c(c1O)C(=O)/C=C(\O)[C@H](O)C(=O)/C(C(N)=O)=C(/O)[C@@H](N(C)C)CCCC2. The van der Waals surface area contributed by atoms with Crippen molar-refractivity contribution in [2.75, 3.05) is 39.6 Å². The molecular formula is C29H44N4O7. The average Bonchev–Trinajstić information content (AvgIpc) is 2.87. The standard InChI is InChI=1S/C29H44N4O7/c1-7-16(2)14-31-15-17-12-20(33(5)6)18-10-8-9-11-19(32(3)4)26(37)24(29(30)40)28(39)27(38)22(35)13-21(34)23(18)25(17)36/h12-13,16,19,27,31,35-38H,7-11,14-15H2,1-6H3,(H2,30,40)/b22-13-,26-24-/t16?,19-,27-/m0/s1. The van der Waals surface area contributed by atoms with E-state index < -0.39 is 46.7 Å². The van der Waals surface area contributed by atoms with Crippen molar-refractivity contribution < 1.29 is 34.8 Å². The van der Waals surface area contributed by atoms with Gasteiger partial charge in [-0.15, -0.1) is 0 Å². The van der Waals surface area contributed by atoms with Gasteiger partial charge in [-0.3, -0.25) is 19.3 Å². The molecule has 1 unspecified atom stereocenters. The van der Waals surface area contributed by atoms with E-state index in [-0.39, 0.29) is 11.3 Å². The lowest BCUT2D eigenvalue weighted by Gasteiger charge is -2.26. The molecule has 40 heavy (non-hydrogen) atoms. The first kappa shape index (κ1) is 32.8. The van der Waals surface area contributed by atoms with E-state index in [1.807, 2.05) is 25.1 Å². The van der Waals surface area contributed by atoms with Gasteiger partial charge in [0.25, 0.3) is 5.91 Å². The van der Waals surface area contributed by atoms with E-state index in [1.54, 1.807) is 19.0 Å². The normalized spacial score (nSPS) is 23.2. The smallest absolute Gasteiger partial charge is 0.255 e. The van der Waals surface area contributed by atoms with Crippen LogP contribution in [0.4, 0.5) is 5.69 Å². The first-order valence-electron chi connectivity index (χ1n) is 13.5. The lowest BCUT2D eigenvalue weighted by molar-refractivity contribution is -0.126. The Bertz CT molecular complexity index is 1170. The summed E-state index contributed by atoms with van der Waals surface area (Å²) in [4.78, 5) is 42.1. The Labute approximate surface area is 236 Å². The number of nitrogens with two attached hydrogens (primary N) is 1. The summed E-state index contributed by atoms with van der Waals surface area (Å²) in [5, 5.41) is 46.6. The molecule has 1 amide bonds. The van der Waals surface area contributed by atoms with Crippen molar-refractivity contribution in [2.24, 2.45) is 11.7 Å². The number of ketones is 2. The number of nitrogens with one attached hydrogen (secondary N) is 1. The molecule has 222 valence electrons. The Morgan fingerprint density at radius 1 is 1.15 bits per heavy atom. The molecule has 1 aliphatic carbocycles. The second kappa shape index (κ2) is 14.3. The summed E-state index contributed by atoms with van der Waals surface area (Å²) < 4.78 is 0. The fourth-order valence-electron chi connectivity index (χ4n) is 4.78. The van der Waals surface area contributed by atoms with Crippen molar-refractivity contribution in [1.29, 1.82) is 0 Å². The highest BCUT2D eigenvalue weighted by Crippen LogP contribution is 2.36. The van der Waals surface area contributed by atoms with E-state index in [4.69, 9.17) is 5.73 Å². The van der Waals surface area contributed by atoms with Crippen LogP contribution in [0.2, 0.25) is 0 Å². The molecule has 11 heteroatoms. The van der Waals surface area contributed by atoms with Gasteiger partial charge in [0.15, 0.2) is 11.9 Å². The number of nitrogens with zero attached hydrogens (tertiary/aromatic N) is 2. The number of allylic oxidation sites excluding steroid dienone is 1. The lowest BCUT2D eigenvalue weighted by Crippen LogP contribution is -2.37. The molecule has 0 aliphatic heterocycles. The van der Waals surface area contributed by atoms with Crippen LogP contribution in [0.3, 0.4) is 0 Å². The number of fused-ring (bicyclic) bond motifs is 1. The van der Waals surface area contributed by atoms with E-state index in [0.29, 0.717) is 67.6 Å². The minimum absolute atomic E-state index is 0.0347. The topological polar surface area (TPSA) is 177 Å². The van der Waals surface area contributed by atoms with Gasteiger partial charge in [0.2, 0.25) is 5.78 Å². The molecule has 0 bridgehead atoms. The number of hydrogen-bond acceptors (Lipinski definition) is 10.